The zero-order chi connectivity index (χ0) is 17.5. The Balaban J connectivity index is 1.84. The van der Waals surface area contributed by atoms with Gasteiger partial charge in [-0.3, -0.25) is 0 Å². The molecule has 0 bridgehead atoms. The van der Waals surface area contributed by atoms with E-state index in [9.17, 15) is 0 Å². The van der Waals surface area contributed by atoms with Crippen LogP contribution in [0, 0.1) is 11.8 Å². The molecule has 2 atom stereocenters. The molecule has 1 aliphatic heterocycles. The standard InChI is InChI=1S/C21H24NO2P/c1-3-21(18-14-17(2)15-22-16-18)25(23-19-10-6-4-7-11-19)24-20-12-8-5-9-13-20/h4-13,17-18,22H,1,14-16H2,2H3. The summed E-state index contributed by atoms with van der Waals surface area (Å²) in [6.45, 7) is 8.16. The maximum atomic E-state index is 6.24. The summed E-state index contributed by atoms with van der Waals surface area (Å²) in [5.74, 6) is 2.55. The zero-order valence-electron chi connectivity index (χ0n) is 14.5. The van der Waals surface area contributed by atoms with Crippen LogP contribution in [0.2, 0.25) is 0 Å². The second kappa shape index (κ2) is 8.87. The molecule has 0 spiro atoms. The first kappa shape index (κ1) is 17.8. The molecule has 3 nitrogen and oxygen atoms in total. The highest BCUT2D eigenvalue weighted by molar-refractivity contribution is 7.52. The van der Waals surface area contributed by atoms with Crippen LogP contribution in [0.3, 0.4) is 0 Å². The highest BCUT2D eigenvalue weighted by atomic mass is 31.2. The number of para-hydroxylation sites is 2. The largest absolute Gasteiger partial charge is 0.435 e. The van der Waals surface area contributed by atoms with E-state index in [2.05, 4.69) is 24.6 Å². The fraction of sp³-hybridized carbons (Fsp3) is 0.286. The summed E-state index contributed by atoms with van der Waals surface area (Å²) in [6, 6.07) is 19.6. The summed E-state index contributed by atoms with van der Waals surface area (Å²) >= 11 is 0. The van der Waals surface area contributed by atoms with Crippen LogP contribution in [-0.2, 0) is 0 Å². The molecule has 2 aromatic rings. The van der Waals surface area contributed by atoms with E-state index in [0.717, 1.165) is 36.3 Å². The smallest absolute Gasteiger partial charge is 0.330 e. The molecule has 1 N–H and O–H groups in total. The Bertz CT molecular complexity index is 672. The van der Waals surface area contributed by atoms with Crippen molar-refractivity contribution in [2.24, 2.45) is 11.8 Å². The molecular weight excluding hydrogens is 329 g/mol. The van der Waals surface area contributed by atoms with Gasteiger partial charge in [-0.2, -0.15) is 0 Å². The molecule has 2 unspecified atom stereocenters. The predicted octanol–water partition coefficient (Wildman–Crippen LogP) is 5.37. The molecule has 0 saturated carbocycles. The van der Waals surface area contributed by atoms with Crippen molar-refractivity contribution in [3.63, 3.8) is 0 Å². The van der Waals surface area contributed by atoms with Crippen LogP contribution in [0.5, 0.6) is 11.5 Å². The highest BCUT2D eigenvalue weighted by Crippen LogP contribution is 2.51. The quantitative estimate of drug-likeness (QED) is 0.559. The third kappa shape index (κ3) is 4.96. The molecule has 0 amide bonds. The van der Waals surface area contributed by atoms with Crippen molar-refractivity contribution >= 4 is 8.38 Å². The van der Waals surface area contributed by atoms with Gasteiger partial charge in [0, 0.05) is 12.5 Å². The van der Waals surface area contributed by atoms with Crippen LogP contribution in [0.4, 0.5) is 0 Å². The van der Waals surface area contributed by atoms with E-state index < -0.39 is 8.38 Å². The van der Waals surface area contributed by atoms with Gasteiger partial charge in [-0.15, -0.1) is 5.73 Å². The maximum Gasteiger partial charge on any atom is 0.330 e. The summed E-state index contributed by atoms with van der Waals surface area (Å²) in [7, 11) is -1.32. The summed E-state index contributed by atoms with van der Waals surface area (Å²) in [6.07, 6.45) is 1.10. The average molecular weight is 353 g/mol. The lowest BCUT2D eigenvalue weighted by Crippen LogP contribution is -2.35. The highest BCUT2D eigenvalue weighted by Gasteiger charge is 2.31. The Kier molecular flexibility index (Phi) is 6.30. The van der Waals surface area contributed by atoms with Crippen LogP contribution in [0.25, 0.3) is 0 Å². The number of hydrogen-bond acceptors (Lipinski definition) is 3. The van der Waals surface area contributed by atoms with E-state index in [1.807, 2.05) is 60.7 Å². The van der Waals surface area contributed by atoms with Gasteiger partial charge >= 0.3 is 8.38 Å². The van der Waals surface area contributed by atoms with Crippen LogP contribution in [-0.4, -0.2) is 13.1 Å². The van der Waals surface area contributed by atoms with Crippen LogP contribution in [0.15, 0.2) is 78.3 Å². The van der Waals surface area contributed by atoms with E-state index in [0.29, 0.717) is 11.8 Å². The van der Waals surface area contributed by atoms with Gasteiger partial charge in [-0.1, -0.05) is 49.9 Å². The van der Waals surface area contributed by atoms with Crippen molar-refractivity contribution in [1.82, 2.24) is 5.32 Å². The third-order valence-corrected chi connectivity index (χ3v) is 5.87. The first-order chi connectivity index (χ1) is 12.3. The van der Waals surface area contributed by atoms with E-state index >= 15 is 0 Å². The molecule has 4 heteroatoms. The lowest BCUT2D eigenvalue weighted by molar-refractivity contribution is 0.337. The van der Waals surface area contributed by atoms with Crippen molar-refractivity contribution in [3.8, 4) is 11.5 Å². The van der Waals surface area contributed by atoms with Gasteiger partial charge in [-0.25, -0.2) is 0 Å². The molecule has 1 fully saturated rings. The first-order valence-electron chi connectivity index (χ1n) is 8.63. The first-order valence-corrected chi connectivity index (χ1v) is 9.81. The Hall–Kier alpha value is -2.05. The second-order valence-electron chi connectivity index (χ2n) is 6.32. The van der Waals surface area contributed by atoms with Gasteiger partial charge in [0.05, 0.1) is 5.31 Å². The summed E-state index contributed by atoms with van der Waals surface area (Å²) in [5.41, 5.74) is 3.14. The fourth-order valence-electron chi connectivity index (χ4n) is 2.99. The molecule has 0 aromatic heterocycles. The van der Waals surface area contributed by atoms with Gasteiger partial charge in [0.2, 0.25) is 0 Å². The summed E-state index contributed by atoms with van der Waals surface area (Å²) < 4.78 is 12.5. The van der Waals surface area contributed by atoms with Crippen molar-refractivity contribution in [2.75, 3.05) is 13.1 Å². The number of hydrogen-bond donors (Lipinski definition) is 1. The molecule has 0 radical (unpaired) electrons. The Labute approximate surface area is 151 Å². The Morgan fingerprint density at radius 1 is 1.00 bits per heavy atom. The zero-order valence-corrected chi connectivity index (χ0v) is 15.4. The minimum Gasteiger partial charge on any atom is -0.435 e. The predicted molar refractivity (Wildman–Crippen MR) is 104 cm³/mol. The van der Waals surface area contributed by atoms with Crippen molar-refractivity contribution in [1.29, 1.82) is 0 Å². The number of benzene rings is 2. The molecule has 130 valence electrons. The number of piperidine rings is 1. The molecule has 25 heavy (non-hydrogen) atoms. The lowest BCUT2D eigenvalue weighted by atomic mass is 9.92. The van der Waals surface area contributed by atoms with Crippen molar-refractivity contribution in [3.05, 3.63) is 78.3 Å². The van der Waals surface area contributed by atoms with Gasteiger partial charge in [0.15, 0.2) is 0 Å². The summed E-state index contributed by atoms with van der Waals surface area (Å²) in [4.78, 5) is 0. The molecule has 2 aromatic carbocycles. The summed E-state index contributed by atoms with van der Waals surface area (Å²) in [5, 5.41) is 4.52. The van der Waals surface area contributed by atoms with Gasteiger partial charge in [0.25, 0.3) is 0 Å². The minimum atomic E-state index is -1.32. The topological polar surface area (TPSA) is 30.5 Å². The minimum absolute atomic E-state index is 0.333. The van der Waals surface area contributed by atoms with Crippen molar-refractivity contribution < 1.29 is 9.05 Å². The maximum absolute atomic E-state index is 6.24. The number of nitrogens with one attached hydrogen (secondary N) is 1. The van der Waals surface area contributed by atoms with Crippen molar-refractivity contribution in [2.45, 2.75) is 13.3 Å². The van der Waals surface area contributed by atoms with Crippen LogP contribution in [0.1, 0.15) is 13.3 Å². The second-order valence-corrected chi connectivity index (χ2v) is 7.69. The van der Waals surface area contributed by atoms with E-state index in [1.165, 1.54) is 0 Å². The molecular formula is C21H24NO2P. The Morgan fingerprint density at radius 2 is 1.56 bits per heavy atom. The van der Waals surface area contributed by atoms with Crippen LogP contribution < -0.4 is 14.4 Å². The average Bonchev–Trinajstić information content (AvgIpc) is 2.64. The van der Waals surface area contributed by atoms with E-state index in [4.69, 9.17) is 9.05 Å². The Morgan fingerprint density at radius 3 is 2.04 bits per heavy atom. The molecule has 1 saturated heterocycles. The molecule has 3 rings (SSSR count). The third-order valence-electron chi connectivity index (χ3n) is 4.20. The van der Waals surface area contributed by atoms with Gasteiger partial charge < -0.3 is 14.4 Å². The van der Waals surface area contributed by atoms with Crippen LogP contribution >= 0.6 is 8.38 Å². The number of rotatable bonds is 6. The lowest BCUT2D eigenvalue weighted by Gasteiger charge is -2.31. The normalized spacial score (nSPS) is 19.9. The van der Waals surface area contributed by atoms with Gasteiger partial charge in [-0.05, 0) is 43.1 Å². The van der Waals surface area contributed by atoms with E-state index in [1.54, 1.807) is 0 Å². The molecule has 0 aliphatic carbocycles. The van der Waals surface area contributed by atoms with Gasteiger partial charge in [0.1, 0.15) is 11.5 Å². The SMILES string of the molecule is C=C=C(C1CNCC(C)C1)P(Oc1ccccc1)Oc1ccccc1. The van der Waals surface area contributed by atoms with E-state index in [-0.39, 0.29) is 0 Å². The molecule has 1 heterocycles. The fourth-order valence-corrected chi connectivity index (χ4v) is 4.48. The molecule has 1 aliphatic rings. The monoisotopic (exact) mass is 353 g/mol.